The Balaban J connectivity index is 1.75. The fourth-order valence-corrected chi connectivity index (χ4v) is 2.61. The molecule has 0 aliphatic carbocycles. The number of carbonyl (C=O) groups is 2. The normalized spacial score (nSPS) is 18.3. The lowest BCUT2D eigenvalue weighted by Gasteiger charge is -2.33. The molecule has 1 aliphatic rings. The van der Waals surface area contributed by atoms with Crippen LogP contribution in [0.5, 0.6) is 0 Å². The minimum atomic E-state index is -0.392. The number of carbonyl (C=O) groups excluding carboxylic acids is 2. The molecule has 1 aromatic rings. The Labute approximate surface area is 144 Å². The van der Waals surface area contributed by atoms with Gasteiger partial charge >= 0.3 is 0 Å². The molecule has 5 heteroatoms. The Hall–Kier alpha value is -1.88. The molecule has 1 N–H and O–H groups in total. The number of nitrogens with one attached hydrogen (secondary N) is 1. The lowest BCUT2D eigenvalue weighted by Crippen LogP contribution is -2.42. The topological polar surface area (TPSA) is 58.6 Å². The highest BCUT2D eigenvalue weighted by Gasteiger charge is 2.25. The summed E-state index contributed by atoms with van der Waals surface area (Å²) in [5, 5.41) is 2.88. The van der Waals surface area contributed by atoms with Crippen LogP contribution in [-0.4, -0.2) is 43.0 Å². The molecular formula is C19H28N2O3. The van der Waals surface area contributed by atoms with Crippen molar-refractivity contribution in [1.29, 1.82) is 0 Å². The van der Waals surface area contributed by atoms with Gasteiger partial charge in [-0.25, -0.2) is 0 Å². The van der Waals surface area contributed by atoms with E-state index in [0.29, 0.717) is 39.1 Å². The molecule has 5 nitrogen and oxygen atoms in total. The summed E-state index contributed by atoms with van der Waals surface area (Å²) in [6.07, 6.45) is 1.06. The Bertz CT molecular complexity index is 551. The highest BCUT2D eigenvalue weighted by molar-refractivity contribution is 5.81. The van der Waals surface area contributed by atoms with E-state index < -0.39 is 5.41 Å². The third-order valence-corrected chi connectivity index (χ3v) is 4.12. The third-order valence-electron chi connectivity index (χ3n) is 4.12. The molecule has 0 aromatic heterocycles. The first-order valence-corrected chi connectivity index (χ1v) is 8.60. The van der Waals surface area contributed by atoms with Gasteiger partial charge in [-0.3, -0.25) is 9.59 Å². The van der Waals surface area contributed by atoms with Crippen molar-refractivity contribution in [2.75, 3.05) is 26.2 Å². The van der Waals surface area contributed by atoms with Crippen molar-refractivity contribution in [3.63, 3.8) is 0 Å². The molecule has 1 aromatic carbocycles. The van der Waals surface area contributed by atoms with E-state index in [-0.39, 0.29) is 17.9 Å². The van der Waals surface area contributed by atoms with Crippen molar-refractivity contribution in [3.8, 4) is 0 Å². The lowest BCUT2D eigenvalue weighted by molar-refractivity contribution is -0.139. The predicted molar refractivity (Wildman–Crippen MR) is 93.4 cm³/mol. The van der Waals surface area contributed by atoms with Crippen molar-refractivity contribution in [3.05, 3.63) is 35.9 Å². The first-order chi connectivity index (χ1) is 11.4. The van der Waals surface area contributed by atoms with Crippen LogP contribution in [-0.2, 0) is 14.3 Å². The van der Waals surface area contributed by atoms with E-state index in [2.05, 4.69) is 5.32 Å². The Kier molecular flexibility index (Phi) is 6.37. The average molecular weight is 332 g/mol. The maximum atomic E-state index is 12.4. The van der Waals surface area contributed by atoms with Gasteiger partial charge in [-0.15, -0.1) is 0 Å². The fraction of sp³-hybridized carbons (Fsp3) is 0.579. The van der Waals surface area contributed by atoms with Gasteiger partial charge in [0.1, 0.15) is 6.10 Å². The number of benzene rings is 1. The largest absolute Gasteiger partial charge is 0.370 e. The van der Waals surface area contributed by atoms with Crippen molar-refractivity contribution in [2.45, 2.75) is 39.7 Å². The van der Waals surface area contributed by atoms with Gasteiger partial charge in [-0.05, 0) is 12.0 Å². The highest BCUT2D eigenvalue weighted by Crippen LogP contribution is 2.22. The monoisotopic (exact) mass is 332 g/mol. The van der Waals surface area contributed by atoms with Crippen LogP contribution < -0.4 is 5.32 Å². The van der Waals surface area contributed by atoms with E-state index in [0.717, 1.165) is 5.56 Å². The van der Waals surface area contributed by atoms with Gasteiger partial charge in [-0.1, -0.05) is 51.1 Å². The molecule has 1 unspecified atom stereocenters. The Morgan fingerprint density at radius 1 is 1.25 bits per heavy atom. The third kappa shape index (κ3) is 5.34. The van der Waals surface area contributed by atoms with Gasteiger partial charge in [0, 0.05) is 24.9 Å². The van der Waals surface area contributed by atoms with Crippen molar-refractivity contribution in [1.82, 2.24) is 10.2 Å². The summed E-state index contributed by atoms with van der Waals surface area (Å²) in [7, 11) is 0. The predicted octanol–water partition coefficient (Wildman–Crippen LogP) is 2.53. The summed E-state index contributed by atoms with van der Waals surface area (Å²) in [5.74, 6) is 0.148. The molecule has 0 bridgehead atoms. The van der Waals surface area contributed by atoms with Crippen LogP contribution in [0.1, 0.15) is 45.3 Å². The molecule has 1 atom stereocenters. The second kappa shape index (κ2) is 8.29. The molecule has 0 radical (unpaired) electrons. The first kappa shape index (κ1) is 18.5. The van der Waals surface area contributed by atoms with E-state index in [4.69, 9.17) is 4.74 Å². The van der Waals surface area contributed by atoms with Gasteiger partial charge in [-0.2, -0.15) is 0 Å². The molecule has 1 aliphatic heterocycles. The van der Waals surface area contributed by atoms with E-state index in [1.54, 1.807) is 0 Å². The molecule has 0 saturated carbocycles. The summed E-state index contributed by atoms with van der Waals surface area (Å²) < 4.78 is 5.79. The number of nitrogens with zero attached hydrogens (tertiary/aromatic N) is 1. The maximum absolute atomic E-state index is 12.4. The molecule has 1 fully saturated rings. The van der Waals surface area contributed by atoms with E-state index in [1.807, 2.05) is 56.0 Å². The summed E-state index contributed by atoms with van der Waals surface area (Å²) in [6.45, 7) is 7.97. The van der Waals surface area contributed by atoms with Crippen LogP contribution in [0.2, 0.25) is 0 Å². The standard InChI is InChI=1S/C19H28N2O3/c1-19(2,3)18(23)20-11-7-10-17(22)21-12-13-24-16(14-21)15-8-5-4-6-9-15/h4-6,8-9,16H,7,10-14H2,1-3H3,(H,20,23). The van der Waals surface area contributed by atoms with Crippen molar-refractivity contribution < 1.29 is 14.3 Å². The van der Waals surface area contributed by atoms with Gasteiger partial charge in [0.05, 0.1) is 13.2 Å². The summed E-state index contributed by atoms with van der Waals surface area (Å²) >= 11 is 0. The molecule has 24 heavy (non-hydrogen) atoms. The SMILES string of the molecule is CC(C)(C)C(=O)NCCCC(=O)N1CCOC(c2ccccc2)C1. The smallest absolute Gasteiger partial charge is 0.225 e. The number of hydrogen-bond donors (Lipinski definition) is 1. The first-order valence-electron chi connectivity index (χ1n) is 8.60. The second-order valence-electron chi connectivity index (χ2n) is 7.22. The van der Waals surface area contributed by atoms with Crippen LogP contribution in [0, 0.1) is 5.41 Å². The minimum Gasteiger partial charge on any atom is -0.370 e. The van der Waals surface area contributed by atoms with Crippen LogP contribution in [0.3, 0.4) is 0 Å². The zero-order valence-electron chi connectivity index (χ0n) is 14.9. The summed E-state index contributed by atoms with van der Waals surface area (Å²) in [5.41, 5.74) is 0.712. The summed E-state index contributed by atoms with van der Waals surface area (Å²) in [6, 6.07) is 10.00. The molecular weight excluding hydrogens is 304 g/mol. The Morgan fingerprint density at radius 3 is 2.62 bits per heavy atom. The fourth-order valence-electron chi connectivity index (χ4n) is 2.61. The maximum Gasteiger partial charge on any atom is 0.225 e. The number of ether oxygens (including phenoxy) is 1. The van der Waals surface area contributed by atoms with E-state index in [9.17, 15) is 9.59 Å². The van der Waals surface area contributed by atoms with Gasteiger partial charge < -0.3 is 15.0 Å². The molecule has 1 saturated heterocycles. The zero-order chi connectivity index (χ0) is 17.6. The molecule has 132 valence electrons. The number of amides is 2. The minimum absolute atomic E-state index is 0.0189. The molecule has 0 spiro atoms. The molecule has 2 amide bonds. The Morgan fingerprint density at radius 2 is 1.96 bits per heavy atom. The zero-order valence-corrected chi connectivity index (χ0v) is 14.9. The van der Waals surface area contributed by atoms with Crippen LogP contribution in [0.15, 0.2) is 30.3 Å². The van der Waals surface area contributed by atoms with Crippen LogP contribution in [0.25, 0.3) is 0 Å². The van der Waals surface area contributed by atoms with E-state index in [1.165, 1.54) is 0 Å². The van der Waals surface area contributed by atoms with Crippen LogP contribution >= 0.6 is 0 Å². The lowest BCUT2D eigenvalue weighted by atomic mass is 9.96. The number of rotatable bonds is 5. The van der Waals surface area contributed by atoms with E-state index >= 15 is 0 Å². The van der Waals surface area contributed by atoms with Crippen LogP contribution in [0.4, 0.5) is 0 Å². The molecule has 1 heterocycles. The van der Waals surface area contributed by atoms with Crippen molar-refractivity contribution >= 4 is 11.8 Å². The summed E-state index contributed by atoms with van der Waals surface area (Å²) in [4.78, 5) is 26.0. The van der Waals surface area contributed by atoms with Gasteiger partial charge in [0.25, 0.3) is 0 Å². The second-order valence-corrected chi connectivity index (χ2v) is 7.22. The van der Waals surface area contributed by atoms with Gasteiger partial charge in [0.2, 0.25) is 11.8 Å². The van der Waals surface area contributed by atoms with Crippen molar-refractivity contribution in [2.24, 2.45) is 5.41 Å². The average Bonchev–Trinajstić information content (AvgIpc) is 2.58. The number of hydrogen-bond acceptors (Lipinski definition) is 3. The van der Waals surface area contributed by atoms with Gasteiger partial charge in [0.15, 0.2) is 0 Å². The quantitative estimate of drug-likeness (QED) is 0.843. The number of morpholine rings is 1. The highest BCUT2D eigenvalue weighted by atomic mass is 16.5. The molecule has 2 rings (SSSR count).